The summed E-state index contributed by atoms with van der Waals surface area (Å²) < 4.78 is 5.01. The standard InChI is InChI=1S/C14H20N2O/c1-17-14(15)13-7-9-16(10-8-13)11-12-5-3-2-4-6-12/h2-6,13,15H,7-11H2,1H3. The van der Waals surface area contributed by atoms with E-state index in [0.717, 1.165) is 32.5 Å². The van der Waals surface area contributed by atoms with Crippen LogP contribution in [0.1, 0.15) is 18.4 Å². The van der Waals surface area contributed by atoms with Gasteiger partial charge in [0.05, 0.1) is 7.11 Å². The molecule has 0 aliphatic carbocycles. The van der Waals surface area contributed by atoms with E-state index in [1.54, 1.807) is 7.11 Å². The number of rotatable bonds is 3. The van der Waals surface area contributed by atoms with E-state index in [2.05, 4.69) is 35.2 Å². The van der Waals surface area contributed by atoms with Crippen LogP contribution in [-0.4, -0.2) is 31.0 Å². The van der Waals surface area contributed by atoms with Gasteiger partial charge in [0.1, 0.15) is 0 Å². The monoisotopic (exact) mass is 232 g/mol. The van der Waals surface area contributed by atoms with Gasteiger partial charge in [-0.15, -0.1) is 0 Å². The van der Waals surface area contributed by atoms with Gasteiger partial charge in [0.25, 0.3) is 0 Å². The number of nitrogens with one attached hydrogen (secondary N) is 1. The van der Waals surface area contributed by atoms with E-state index in [1.165, 1.54) is 5.56 Å². The molecule has 0 amide bonds. The first kappa shape index (κ1) is 12.1. The van der Waals surface area contributed by atoms with Crippen LogP contribution in [0.15, 0.2) is 30.3 Å². The molecule has 0 bridgehead atoms. The van der Waals surface area contributed by atoms with Crippen molar-refractivity contribution in [2.45, 2.75) is 19.4 Å². The SMILES string of the molecule is COC(=N)C1CCN(Cc2ccccc2)CC1. The van der Waals surface area contributed by atoms with Crippen molar-refractivity contribution in [2.24, 2.45) is 5.92 Å². The molecular formula is C14H20N2O. The molecule has 0 atom stereocenters. The van der Waals surface area contributed by atoms with Crippen molar-refractivity contribution in [3.8, 4) is 0 Å². The highest BCUT2D eigenvalue weighted by Gasteiger charge is 2.22. The maximum absolute atomic E-state index is 7.68. The fraction of sp³-hybridized carbons (Fsp3) is 0.500. The van der Waals surface area contributed by atoms with Gasteiger partial charge in [-0.1, -0.05) is 30.3 Å². The molecule has 1 heterocycles. The highest BCUT2D eigenvalue weighted by atomic mass is 16.5. The Morgan fingerprint density at radius 2 is 1.94 bits per heavy atom. The quantitative estimate of drug-likeness (QED) is 0.642. The third-order valence-corrected chi connectivity index (χ3v) is 3.43. The topological polar surface area (TPSA) is 36.3 Å². The molecule has 0 aromatic heterocycles. The van der Waals surface area contributed by atoms with Gasteiger partial charge in [0.2, 0.25) is 0 Å². The van der Waals surface area contributed by atoms with E-state index in [0.29, 0.717) is 11.8 Å². The summed E-state index contributed by atoms with van der Waals surface area (Å²) in [6.07, 6.45) is 2.08. The zero-order valence-corrected chi connectivity index (χ0v) is 10.4. The number of likely N-dealkylation sites (tertiary alicyclic amines) is 1. The molecule has 0 unspecified atom stereocenters. The predicted molar refractivity (Wildman–Crippen MR) is 69.2 cm³/mol. The second-order valence-electron chi connectivity index (χ2n) is 4.60. The van der Waals surface area contributed by atoms with E-state index >= 15 is 0 Å². The van der Waals surface area contributed by atoms with Crippen molar-refractivity contribution < 1.29 is 4.74 Å². The third-order valence-electron chi connectivity index (χ3n) is 3.43. The van der Waals surface area contributed by atoms with E-state index in [1.807, 2.05) is 0 Å². The first-order chi connectivity index (χ1) is 8.29. The van der Waals surface area contributed by atoms with Crippen LogP contribution in [0.25, 0.3) is 0 Å². The Morgan fingerprint density at radius 3 is 2.53 bits per heavy atom. The molecule has 0 spiro atoms. The van der Waals surface area contributed by atoms with Crippen LogP contribution < -0.4 is 0 Å². The lowest BCUT2D eigenvalue weighted by Crippen LogP contribution is -2.36. The van der Waals surface area contributed by atoms with Gasteiger partial charge >= 0.3 is 0 Å². The lowest BCUT2D eigenvalue weighted by Gasteiger charge is -2.31. The van der Waals surface area contributed by atoms with Crippen LogP contribution in [0.3, 0.4) is 0 Å². The highest BCUT2D eigenvalue weighted by Crippen LogP contribution is 2.20. The van der Waals surface area contributed by atoms with Crippen LogP contribution in [0.4, 0.5) is 0 Å². The summed E-state index contributed by atoms with van der Waals surface area (Å²) in [7, 11) is 1.60. The Kier molecular flexibility index (Phi) is 4.15. The number of piperidine rings is 1. The molecule has 3 nitrogen and oxygen atoms in total. The first-order valence-corrected chi connectivity index (χ1v) is 6.18. The molecule has 17 heavy (non-hydrogen) atoms. The van der Waals surface area contributed by atoms with Crippen molar-refractivity contribution in [1.29, 1.82) is 5.41 Å². The predicted octanol–water partition coefficient (Wildman–Crippen LogP) is 2.52. The number of nitrogens with zero attached hydrogens (tertiary/aromatic N) is 1. The smallest absolute Gasteiger partial charge is 0.183 e. The molecule has 1 N–H and O–H groups in total. The van der Waals surface area contributed by atoms with Gasteiger partial charge in [0, 0.05) is 12.5 Å². The van der Waals surface area contributed by atoms with Gasteiger partial charge in [-0.2, -0.15) is 0 Å². The molecule has 1 aromatic carbocycles. The van der Waals surface area contributed by atoms with Crippen molar-refractivity contribution in [1.82, 2.24) is 4.90 Å². The summed E-state index contributed by atoms with van der Waals surface area (Å²) in [5.74, 6) is 0.774. The van der Waals surface area contributed by atoms with Crippen LogP contribution in [0.2, 0.25) is 0 Å². The Balaban J connectivity index is 1.82. The summed E-state index contributed by atoms with van der Waals surface area (Å²) >= 11 is 0. The molecule has 1 aliphatic rings. The molecule has 1 saturated heterocycles. The highest BCUT2D eigenvalue weighted by molar-refractivity contribution is 5.75. The van der Waals surface area contributed by atoms with E-state index in [4.69, 9.17) is 10.1 Å². The van der Waals surface area contributed by atoms with E-state index in [9.17, 15) is 0 Å². The van der Waals surface area contributed by atoms with Crippen molar-refractivity contribution in [2.75, 3.05) is 20.2 Å². The van der Waals surface area contributed by atoms with Crippen LogP contribution in [0, 0.1) is 11.3 Å². The minimum absolute atomic E-state index is 0.326. The van der Waals surface area contributed by atoms with E-state index in [-0.39, 0.29) is 0 Å². The Hall–Kier alpha value is -1.35. The normalized spacial score (nSPS) is 17.9. The minimum atomic E-state index is 0.326. The lowest BCUT2D eigenvalue weighted by atomic mass is 9.96. The largest absolute Gasteiger partial charge is 0.484 e. The molecule has 1 fully saturated rings. The van der Waals surface area contributed by atoms with Gasteiger partial charge in [0.15, 0.2) is 5.90 Å². The second-order valence-corrected chi connectivity index (χ2v) is 4.60. The maximum atomic E-state index is 7.68. The first-order valence-electron chi connectivity index (χ1n) is 6.18. The van der Waals surface area contributed by atoms with Crippen LogP contribution >= 0.6 is 0 Å². The number of benzene rings is 1. The molecule has 92 valence electrons. The van der Waals surface area contributed by atoms with Crippen molar-refractivity contribution in [3.63, 3.8) is 0 Å². The number of hydrogen-bond donors (Lipinski definition) is 1. The minimum Gasteiger partial charge on any atom is -0.484 e. The molecule has 3 heteroatoms. The summed E-state index contributed by atoms with van der Waals surface area (Å²) in [5.41, 5.74) is 1.37. The van der Waals surface area contributed by atoms with Gasteiger partial charge in [-0.25, -0.2) is 0 Å². The van der Waals surface area contributed by atoms with Gasteiger partial charge < -0.3 is 4.74 Å². The molecular weight excluding hydrogens is 212 g/mol. The number of ether oxygens (including phenoxy) is 1. The Morgan fingerprint density at radius 1 is 1.29 bits per heavy atom. The summed E-state index contributed by atoms with van der Waals surface area (Å²) in [5, 5.41) is 7.68. The zero-order chi connectivity index (χ0) is 12.1. The van der Waals surface area contributed by atoms with Crippen molar-refractivity contribution in [3.05, 3.63) is 35.9 Å². The Labute approximate surface area is 103 Å². The molecule has 0 saturated carbocycles. The van der Waals surface area contributed by atoms with E-state index < -0.39 is 0 Å². The average Bonchev–Trinajstić information content (AvgIpc) is 2.40. The average molecular weight is 232 g/mol. The number of methoxy groups -OCH3 is 1. The second kappa shape index (κ2) is 5.82. The molecule has 1 aliphatic heterocycles. The lowest BCUT2D eigenvalue weighted by molar-refractivity contribution is 0.189. The zero-order valence-electron chi connectivity index (χ0n) is 10.4. The third kappa shape index (κ3) is 3.30. The fourth-order valence-electron chi connectivity index (χ4n) is 2.36. The molecule has 1 aromatic rings. The van der Waals surface area contributed by atoms with Crippen LogP contribution in [0.5, 0.6) is 0 Å². The number of hydrogen-bond acceptors (Lipinski definition) is 3. The Bertz CT molecular complexity index is 356. The van der Waals surface area contributed by atoms with Crippen molar-refractivity contribution >= 4 is 5.90 Å². The fourth-order valence-corrected chi connectivity index (χ4v) is 2.36. The van der Waals surface area contributed by atoms with Gasteiger partial charge in [-0.3, -0.25) is 10.3 Å². The van der Waals surface area contributed by atoms with Crippen LogP contribution in [-0.2, 0) is 11.3 Å². The molecule has 0 radical (unpaired) electrons. The summed E-state index contributed by atoms with van der Waals surface area (Å²) in [4.78, 5) is 2.45. The summed E-state index contributed by atoms with van der Waals surface area (Å²) in [6.45, 7) is 3.14. The van der Waals surface area contributed by atoms with Gasteiger partial charge in [-0.05, 0) is 31.5 Å². The maximum Gasteiger partial charge on any atom is 0.183 e. The summed E-state index contributed by atoms with van der Waals surface area (Å²) in [6, 6.07) is 10.6. The molecule has 2 rings (SSSR count).